The zero-order valence-electron chi connectivity index (χ0n) is 10.1. The van der Waals surface area contributed by atoms with E-state index in [1.807, 2.05) is 0 Å². The van der Waals surface area contributed by atoms with Gasteiger partial charge in [0.2, 0.25) is 5.91 Å². The summed E-state index contributed by atoms with van der Waals surface area (Å²) in [6.07, 6.45) is -4.14. The maximum absolute atomic E-state index is 12.5. The fraction of sp³-hybridized carbons (Fsp3) is 0.417. The van der Waals surface area contributed by atoms with Crippen molar-refractivity contribution in [3.63, 3.8) is 0 Å². The number of alkyl halides is 3. The van der Waals surface area contributed by atoms with Gasteiger partial charge in [0.05, 0.1) is 16.9 Å². The molecule has 0 radical (unpaired) electrons. The van der Waals surface area contributed by atoms with Gasteiger partial charge in [0.1, 0.15) is 0 Å². The average Bonchev–Trinajstić information content (AvgIpc) is 2.69. The minimum absolute atomic E-state index is 0.0224. The Balaban J connectivity index is 2.30. The molecule has 1 heterocycles. The quantitative estimate of drug-likeness (QED) is 0.804. The largest absolute Gasteiger partial charge is 0.416 e. The van der Waals surface area contributed by atoms with Crippen LogP contribution in [0.15, 0.2) is 18.2 Å². The fourth-order valence-electron chi connectivity index (χ4n) is 2.15. The second-order valence-corrected chi connectivity index (χ2v) is 4.58. The van der Waals surface area contributed by atoms with E-state index in [9.17, 15) is 18.0 Å². The maximum Gasteiger partial charge on any atom is 0.416 e. The van der Waals surface area contributed by atoms with Gasteiger partial charge in [0.15, 0.2) is 0 Å². The lowest BCUT2D eigenvalue weighted by atomic mass is 10.1. The standard InChI is InChI=1S/C12H14F3N3O/c13-12(14,15)8-1-2-10(9(17)4-8)18-6-7(5-16)3-11(18)19/h1-2,4,7H,3,5-6,16-17H2. The number of hydrogen-bond donors (Lipinski definition) is 2. The van der Waals surface area contributed by atoms with Gasteiger partial charge in [-0.05, 0) is 30.7 Å². The van der Waals surface area contributed by atoms with E-state index in [-0.39, 0.29) is 17.5 Å². The number of carbonyl (C=O) groups is 1. The van der Waals surface area contributed by atoms with Gasteiger partial charge in [-0.25, -0.2) is 0 Å². The van der Waals surface area contributed by atoms with Crippen molar-refractivity contribution < 1.29 is 18.0 Å². The van der Waals surface area contributed by atoms with Crippen molar-refractivity contribution in [1.82, 2.24) is 0 Å². The summed E-state index contributed by atoms with van der Waals surface area (Å²) < 4.78 is 37.6. The number of hydrogen-bond acceptors (Lipinski definition) is 3. The summed E-state index contributed by atoms with van der Waals surface area (Å²) in [4.78, 5) is 13.2. The zero-order chi connectivity index (χ0) is 14.2. The normalized spacial score (nSPS) is 20.1. The molecule has 1 fully saturated rings. The van der Waals surface area contributed by atoms with Crippen molar-refractivity contribution >= 4 is 17.3 Å². The topological polar surface area (TPSA) is 72.4 Å². The summed E-state index contributed by atoms with van der Waals surface area (Å²) in [5, 5.41) is 0. The number of halogens is 3. The van der Waals surface area contributed by atoms with Crippen LogP contribution in [0, 0.1) is 5.92 Å². The summed E-state index contributed by atoms with van der Waals surface area (Å²) in [7, 11) is 0. The molecule has 0 aliphatic carbocycles. The molecule has 7 heteroatoms. The molecule has 1 amide bonds. The summed E-state index contributed by atoms with van der Waals surface area (Å²) in [5.74, 6) is -0.142. The Kier molecular flexibility index (Phi) is 3.40. The molecular weight excluding hydrogens is 259 g/mol. The highest BCUT2D eigenvalue weighted by Gasteiger charge is 2.34. The van der Waals surface area contributed by atoms with Crippen molar-refractivity contribution in [3.8, 4) is 0 Å². The molecule has 0 saturated carbocycles. The Labute approximate surface area is 108 Å². The Morgan fingerprint density at radius 3 is 2.53 bits per heavy atom. The smallest absolute Gasteiger partial charge is 0.397 e. The lowest BCUT2D eigenvalue weighted by molar-refractivity contribution is -0.137. The monoisotopic (exact) mass is 273 g/mol. The van der Waals surface area contributed by atoms with Crippen molar-refractivity contribution in [1.29, 1.82) is 0 Å². The van der Waals surface area contributed by atoms with E-state index < -0.39 is 11.7 Å². The first-order chi connectivity index (χ1) is 8.82. The first-order valence-electron chi connectivity index (χ1n) is 5.80. The van der Waals surface area contributed by atoms with Crippen molar-refractivity contribution in [3.05, 3.63) is 23.8 Å². The average molecular weight is 273 g/mol. The number of carbonyl (C=O) groups excluding carboxylic acids is 1. The van der Waals surface area contributed by atoms with E-state index >= 15 is 0 Å². The first kappa shape index (κ1) is 13.7. The molecule has 19 heavy (non-hydrogen) atoms. The summed E-state index contributed by atoms with van der Waals surface area (Å²) in [6.45, 7) is 0.758. The van der Waals surface area contributed by atoms with Crippen LogP contribution in [0.4, 0.5) is 24.5 Å². The number of amides is 1. The van der Waals surface area contributed by atoms with E-state index in [1.165, 1.54) is 11.0 Å². The number of anilines is 2. The van der Waals surface area contributed by atoms with Gasteiger partial charge < -0.3 is 16.4 Å². The van der Waals surface area contributed by atoms with Crippen molar-refractivity contribution in [2.45, 2.75) is 12.6 Å². The van der Waals surface area contributed by atoms with Gasteiger partial charge in [-0.15, -0.1) is 0 Å². The highest BCUT2D eigenvalue weighted by Crippen LogP contribution is 2.35. The third kappa shape index (κ3) is 2.65. The number of rotatable bonds is 2. The van der Waals surface area contributed by atoms with Gasteiger partial charge in [-0.2, -0.15) is 13.2 Å². The predicted octanol–water partition coefficient (Wildman–Crippen LogP) is 1.60. The second kappa shape index (κ2) is 4.73. The Hall–Kier alpha value is -1.76. The van der Waals surface area contributed by atoms with Gasteiger partial charge >= 0.3 is 6.18 Å². The molecule has 1 unspecified atom stereocenters. The molecule has 104 valence electrons. The molecular formula is C12H14F3N3O. The fourth-order valence-corrected chi connectivity index (χ4v) is 2.15. The lowest BCUT2D eigenvalue weighted by Crippen LogP contribution is -2.26. The highest BCUT2D eigenvalue weighted by molar-refractivity contribution is 5.98. The molecule has 2 rings (SSSR count). The van der Waals surface area contributed by atoms with Crippen molar-refractivity contribution in [2.75, 3.05) is 23.7 Å². The van der Waals surface area contributed by atoms with E-state index in [0.29, 0.717) is 25.2 Å². The zero-order valence-corrected chi connectivity index (χ0v) is 10.1. The summed E-state index contributed by atoms with van der Waals surface area (Å²) in [6, 6.07) is 3.00. The van der Waals surface area contributed by atoms with Gasteiger partial charge in [-0.1, -0.05) is 0 Å². The van der Waals surface area contributed by atoms with Crippen LogP contribution in [-0.4, -0.2) is 19.0 Å². The third-order valence-corrected chi connectivity index (χ3v) is 3.18. The van der Waals surface area contributed by atoms with Crippen LogP contribution < -0.4 is 16.4 Å². The second-order valence-electron chi connectivity index (χ2n) is 4.58. The third-order valence-electron chi connectivity index (χ3n) is 3.18. The number of nitrogens with zero attached hydrogens (tertiary/aromatic N) is 1. The van der Waals surface area contributed by atoms with Crippen LogP contribution >= 0.6 is 0 Å². The van der Waals surface area contributed by atoms with Crippen LogP contribution in [0.3, 0.4) is 0 Å². The molecule has 0 bridgehead atoms. The Morgan fingerprint density at radius 1 is 1.37 bits per heavy atom. The molecule has 1 aromatic rings. The molecule has 4 nitrogen and oxygen atoms in total. The molecule has 1 atom stereocenters. The number of nitrogen functional groups attached to an aromatic ring is 1. The van der Waals surface area contributed by atoms with E-state index in [2.05, 4.69) is 0 Å². The van der Waals surface area contributed by atoms with Crippen LogP contribution in [0.1, 0.15) is 12.0 Å². The first-order valence-corrected chi connectivity index (χ1v) is 5.80. The van der Waals surface area contributed by atoms with Crippen LogP contribution in [0.2, 0.25) is 0 Å². The SMILES string of the molecule is NCC1CC(=O)N(c2ccc(C(F)(F)F)cc2N)C1. The molecule has 1 aliphatic heterocycles. The van der Waals surface area contributed by atoms with E-state index in [0.717, 1.165) is 12.1 Å². The van der Waals surface area contributed by atoms with E-state index in [4.69, 9.17) is 11.5 Å². The van der Waals surface area contributed by atoms with Crippen LogP contribution in [0.5, 0.6) is 0 Å². The lowest BCUT2D eigenvalue weighted by Gasteiger charge is -2.19. The Morgan fingerprint density at radius 2 is 2.05 bits per heavy atom. The van der Waals surface area contributed by atoms with Gasteiger partial charge in [0.25, 0.3) is 0 Å². The van der Waals surface area contributed by atoms with E-state index in [1.54, 1.807) is 0 Å². The predicted molar refractivity (Wildman–Crippen MR) is 65.4 cm³/mol. The maximum atomic E-state index is 12.5. The van der Waals surface area contributed by atoms with Gasteiger partial charge in [0, 0.05) is 13.0 Å². The minimum atomic E-state index is -4.44. The molecule has 1 aliphatic rings. The van der Waals surface area contributed by atoms with Crippen LogP contribution in [0.25, 0.3) is 0 Å². The minimum Gasteiger partial charge on any atom is -0.397 e. The number of benzene rings is 1. The molecule has 4 N–H and O–H groups in total. The van der Waals surface area contributed by atoms with Crippen LogP contribution in [-0.2, 0) is 11.0 Å². The van der Waals surface area contributed by atoms with Gasteiger partial charge in [-0.3, -0.25) is 4.79 Å². The summed E-state index contributed by atoms with van der Waals surface area (Å²) in [5.41, 5.74) is 10.6. The van der Waals surface area contributed by atoms with Crippen molar-refractivity contribution in [2.24, 2.45) is 11.7 Å². The molecule has 1 aromatic carbocycles. The highest BCUT2D eigenvalue weighted by atomic mass is 19.4. The Bertz CT molecular complexity index is 501. The summed E-state index contributed by atoms with van der Waals surface area (Å²) >= 11 is 0. The molecule has 0 aromatic heterocycles. The molecule has 0 spiro atoms. The molecule has 1 saturated heterocycles. The number of nitrogens with two attached hydrogens (primary N) is 2.